The van der Waals surface area contributed by atoms with Crippen LogP contribution in [-0.2, 0) is 12.6 Å². The van der Waals surface area contributed by atoms with Crippen molar-refractivity contribution in [2.75, 3.05) is 12.9 Å². The van der Waals surface area contributed by atoms with Gasteiger partial charge < -0.3 is 0 Å². The number of halogens is 1. The molecule has 210 valence electrons. The molecule has 0 amide bonds. The van der Waals surface area contributed by atoms with E-state index in [1.807, 2.05) is 54.6 Å². The van der Waals surface area contributed by atoms with Crippen molar-refractivity contribution >= 4 is 30.4 Å². The fourth-order valence-electron chi connectivity index (χ4n) is 4.33. The van der Waals surface area contributed by atoms with Crippen molar-refractivity contribution in [1.29, 1.82) is 0 Å². The number of hydrogen-bond donors (Lipinski definition) is 0. The maximum atomic E-state index is 11.8. The normalized spacial score (nSPS) is 12.0. The average molecular weight is 645 g/mol. The van der Waals surface area contributed by atoms with Gasteiger partial charge in [0.1, 0.15) is 0 Å². The third kappa shape index (κ3) is 15.8. The van der Waals surface area contributed by atoms with Crippen molar-refractivity contribution in [1.82, 2.24) is 0 Å². The Bertz CT molecular complexity index is 916. The van der Waals surface area contributed by atoms with Crippen LogP contribution in [-0.4, -0.2) is 21.3 Å². The van der Waals surface area contributed by atoms with E-state index < -0.39 is 30.4 Å². The van der Waals surface area contributed by atoms with E-state index in [1.54, 1.807) is 0 Å². The molecule has 0 N–H and O–H groups in total. The van der Waals surface area contributed by atoms with Crippen LogP contribution < -0.4 is 4.74 Å². The Kier molecular flexibility index (Phi) is 17.2. The van der Waals surface area contributed by atoms with Crippen molar-refractivity contribution in [2.45, 2.75) is 110 Å². The molecule has 0 saturated heterocycles. The van der Waals surface area contributed by atoms with E-state index in [1.165, 1.54) is 96.3 Å². The standard InChI is InChI=1S/C31H49IO4S/c1-3-4-5-6-7-8-9-10-11-12-13-14-15-16-17-21-28-35-31-26-24-30(25-27-31)32(36-37(2,33)34)29-22-19-18-20-23-29/h18-20,22-27H,3-17,21,28H2,1-2H3. The van der Waals surface area contributed by atoms with Crippen molar-refractivity contribution in [3.63, 3.8) is 0 Å². The first-order valence-corrected chi connectivity index (χ1v) is 19.2. The predicted octanol–water partition coefficient (Wildman–Crippen LogP) is 9.76. The van der Waals surface area contributed by atoms with Crippen molar-refractivity contribution < 1.29 is 15.7 Å². The van der Waals surface area contributed by atoms with Gasteiger partial charge in [0.05, 0.1) is 0 Å². The zero-order valence-electron chi connectivity index (χ0n) is 23.1. The Hall–Kier alpha value is -1.12. The molecule has 0 fully saturated rings. The molecule has 0 unspecified atom stereocenters. The second-order valence-corrected chi connectivity index (χ2v) is 16.4. The van der Waals surface area contributed by atoms with Gasteiger partial charge >= 0.3 is 165 Å². The minimum absolute atomic E-state index is 0.721. The second-order valence-electron chi connectivity index (χ2n) is 9.92. The molecular weight excluding hydrogens is 595 g/mol. The van der Waals surface area contributed by atoms with Crippen LogP contribution in [0.2, 0.25) is 0 Å². The first kappa shape index (κ1) is 32.1. The Balaban J connectivity index is 1.52. The Labute approximate surface area is 235 Å². The molecule has 2 aromatic carbocycles. The minimum atomic E-state index is -3.53. The summed E-state index contributed by atoms with van der Waals surface area (Å²) < 4.78 is 37.0. The number of ether oxygens (including phenoxy) is 1. The Morgan fingerprint density at radius 3 is 1.49 bits per heavy atom. The summed E-state index contributed by atoms with van der Waals surface area (Å²) in [4.78, 5) is 0. The second kappa shape index (κ2) is 19.9. The summed E-state index contributed by atoms with van der Waals surface area (Å²) in [5.41, 5.74) is 0. The molecule has 0 aliphatic rings. The third-order valence-corrected chi connectivity index (χ3v) is 13.5. The molecule has 0 radical (unpaired) electrons. The summed E-state index contributed by atoms with van der Waals surface area (Å²) in [6, 6.07) is 17.4. The quantitative estimate of drug-likeness (QED) is 0.0946. The molecule has 37 heavy (non-hydrogen) atoms. The molecule has 2 aromatic rings. The van der Waals surface area contributed by atoms with Crippen LogP contribution in [0.5, 0.6) is 5.75 Å². The van der Waals surface area contributed by atoms with E-state index in [2.05, 4.69) is 6.92 Å². The summed E-state index contributed by atoms with van der Waals surface area (Å²) in [7, 11) is -3.53. The van der Waals surface area contributed by atoms with Gasteiger partial charge in [0, 0.05) is 0 Å². The van der Waals surface area contributed by atoms with Crippen LogP contribution >= 0.6 is 20.2 Å². The molecule has 0 aromatic heterocycles. The van der Waals surface area contributed by atoms with Crippen molar-refractivity contribution in [3.05, 3.63) is 61.7 Å². The number of rotatable bonds is 22. The topological polar surface area (TPSA) is 52.6 Å². The summed E-state index contributed by atoms with van der Waals surface area (Å²) in [5.74, 6) is 0.827. The monoisotopic (exact) mass is 644 g/mol. The zero-order chi connectivity index (χ0) is 26.6. The van der Waals surface area contributed by atoms with Gasteiger partial charge in [-0.1, -0.05) is 71.1 Å². The average Bonchev–Trinajstić information content (AvgIpc) is 2.89. The maximum absolute atomic E-state index is 11.8. The van der Waals surface area contributed by atoms with Gasteiger partial charge in [-0.05, 0) is 0 Å². The van der Waals surface area contributed by atoms with Crippen LogP contribution in [0.3, 0.4) is 0 Å². The molecular formula is C31H49IO4S. The SMILES string of the molecule is CCCCCCCCCCCCCCCCCCOc1ccc(I(OS(C)(=O)=O)c2ccccc2)cc1. The first-order valence-electron chi connectivity index (χ1n) is 14.4. The van der Waals surface area contributed by atoms with Crippen molar-refractivity contribution in [3.8, 4) is 5.75 Å². The zero-order valence-corrected chi connectivity index (χ0v) is 26.1. The van der Waals surface area contributed by atoms with E-state index in [-0.39, 0.29) is 0 Å². The summed E-state index contributed by atoms with van der Waals surface area (Å²) in [6.07, 6.45) is 22.9. The molecule has 0 aliphatic heterocycles. The van der Waals surface area contributed by atoms with E-state index in [0.717, 1.165) is 32.2 Å². The fraction of sp³-hybridized carbons (Fsp3) is 0.613. The Morgan fingerprint density at radius 2 is 1.03 bits per heavy atom. The van der Waals surface area contributed by atoms with Gasteiger partial charge in [-0.15, -0.1) is 0 Å². The van der Waals surface area contributed by atoms with Gasteiger partial charge in [-0.3, -0.25) is 0 Å². The van der Waals surface area contributed by atoms with Crippen LogP contribution in [0.15, 0.2) is 54.6 Å². The van der Waals surface area contributed by atoms with Crippen LogP contribution in [0.4, 0.5) is 0 Å². The van der Waals surface area contributed by atoms with Gasteiger partial charge in [0.2, 0.25) is 0 Å². The summed E-state index contributed by atoms with van der Waals surface area (Å²) in [5, 5.41) is 0. The molecule has 0 bridgehead atoms. The van der Waals surface area contributed by atoms with E-state index in [0.29, 0.717) is 0 Å². The molecule has 0 aliphatic carbocycles. The Morgan fingerprint density at radius 1 is 0.595 bits per heavy atom. The third-order valence-electron chi connectivity index (χ3n) is 6.39. The predicted molar refractivity (Wildman–Crippen MR) is 165 cm³/mol. The molecule has 2 rings (SSSR count). The van der Waals surface area contributed by atoms with E-state index >= 15 is 0 Å². The van der Waals surface area contributed by atoms with Gasteiger partial charge in [0.25, 0.3) is 0 Å². The molecule has 6 heteroatoms. The summed E-state index contributed by atoms with van der Waals surface area (Å²) in [6.45, 7) is 3.00. The number of hydrogen-bond acceptors (Lipinski definition) is 4. The molecule has 4 nitrogen and oxygen atoms in total. The van der Waals surface area contributed by atoms with E-state index in [4.69, 9.17) is 7.25 Å². The fourth-order valence-corrected chi connectivity index (χ4v) is 10.7. The number of benzene rings is 2. The molecule has 0 atom stereocenters. The first-order chi connectivity index (χ1) is 18.0. The molecule has 0 spiro atoms. The van der Waals surface area contributed by atoms with Crippen LogP contribution in [0.1, 0.15) is 110 Å². The molecule has 0 saturated carbocycles. The molecule has 0 heterocycles. The number of unbranched alkanes of at least 4 members (excludes halogenated alkanes) is 15. The van der Waals surface area contributed by atoms with E-state index in [9.17, 15) is 8.42 Å². The van der Waals surface area contributed by atoms with Gasteiger partial charge in [0.15, 0.2) is 0 Å². The van der Waals surface area contributed by atoms with Crippen LogP contribution in [0, 0.1) is 7.14 Å². The van der Waals surface area contributed by atoms with Crippen LogP contribution in [0.25, 0.3) is 0 Å². The van der Waals surface area contributed by atoms with Gasteiger partial charge in [-0.2, -0.15) is 0 Å². The van der Waals surface area contributed by atoms with Gasteiger partial charge in [-0.25, -0.2) is 0 Å². The van der Waals surface area contributed by atoms with Crippen molar-refractivity contribution in [2.24, 2.45) is 0 Å². The summed E-state index contributed by atoms with van der Waals surface area (Å²) >= 11 is -2.52.